The van der Waals surface area contributed by atoms with E-state index >= 15 is 0 Å². The fourth-order valence-corrected chi connectivity index (χ4v) is 3.39. The quantitative estimate of drug-likeness (QED) is 0.516. The van der Waals surface area contributed by atoms with Gasteiger partial charge < -0.3 is 20.5 Å². The molecule has 2 unspecified atom stereocenters. The highest BCUT2D eigenvalue weighted by Gasteiger charge is 2.25. The maximum Gasteiger partial charge on any atom is 0.221 e. The molecule has 0 saturated carbocycles. The van der Waals surface area contributed by atoms with Crippen LogP contribution in [0.4, 0.5) is 0 Å². The van der Waals surface area contributed by atoms with Gasteiger partial charge in [0.15, 0.2) is 9.84 Å². The largest absolute Gasteiger partial charge is 0.391 e. The van der Waals surface area contributed by atoms with Crippen LogP contribution in [0.15, 0.2) is 0 Å². The minimum atomic E-state index is -3.02. The summed E-state index contributed by atoms with van der Waals surface area (Å²) in [6, 6.07) is -0.317. The highest BCUT2D eigenvalue weighted by Crippen LogP contribution is 2.04. The summed E-state index contributed by atoms with van der Waals surface area (Å²) in [4.78, 5) is 11.6. The number of sulfone groups is 1. The third-order valence-corrected chi connectivity index (χ3v) is 4.63. The molecule has 112 valence electrons. The minimum Gasteiger partial charge on any atom is -0.391 e. The van der Waals surface area contributed by atoms with Gasteiger partial charge in [0.1, 0.15) is 0 Å². The molecule has 1 rings (SSSR count). The smallest absolute Gasteiger partial charge is 0.221 e. The number of carbonyl (C=O) groups is 1. The van der Waals surface area contributed by atoms with E-state index in [4.69, 9.17) is 4.74 Å². The van der Waals surface area contributed by atoms with E-state index in [0.717, 1.165) is 0 Å². The molecular weight excluding hydrogens is 272 g/mol. The zero-order valence-electron chi connectivity index (χ0n) is 11.1. The van der Waals surface area contributed by atoms with Crippen LogP contribution in [0.2, 0.25) is 0 Å². The molecule has 0 aromatic carbocycles. The predicted molar refractivity (Wildman–Crippen MR) is 70.6 cm³/mol. The number of hydrogen-bond donors (Lipinski definition) is 3. The molecule has 2 atom stereocenters. The fourth-order valence-electron chi connectivity index (χ4n) is 1.95. The maximum atomic E-state index is 11.6. The van der Waals surface area contributed by atoms with Crippen molar-refractivity contribution in [3.8, 4) is 0 Å². The van der Waals surface area contributed by atoms with Crippen molar-refractivity contribution in [2.24, 2.45) is 0 Å². The number of rotatable bonds is 7. The third kappa shape index (κ3) is 6.86. The lowest BCUT2D eigenvalue weighted by Gasteiger charge is -2.23. The first-order valence-electron chi connectivity index (χ1n) is 6.30. The third-order valence-electron chi connectivity index (χ3n) is 2.89. The van der Waals surface area contributed by atoms with Crippen LogP contribution in [0.25, 0.3) is 0 Å². The van der Waals surface area contributed by atoms with Gasteiger partial charge in [-0.3, -0.25) is 4.79 Å². The molecule has 3 N–H and O–H groups in total. The Balaban J connectivity index is 2.20. The number of aliphatic hydroxyl groups is 1. The van der Waals surface area contributed by atoms with Gasteiger partial charge in [0.25, 0.3) is 0 Å². The molecule has 0 spiro atoms. The number of nitrogens with one attached hydrogen (secondary N) is 2. The predicted octanol–water partition coefficient (Wildman–Crippen LogP) is -1.72. The number of carbonyl (C=O) groups excluding carboxylic acids is 1. The van der Waals surface area contributed by atoms with E-state index < -0.39 is 15.9 Å². The van der Waals surface area contributed by atoms with Crippen LogP contribution >= 0.6 is 0 Å². The van der Waals surface area contributed by atoms with Crippen molar-refractivity contribution >= 4 is 15.7 Å². The van der Waals surface area contributed by atoms with Gasteiger partial charge >= 0.3 is 0 Å². The first kappa shape index (κ1) is 16.4. The second kappa shape index (κ2) is 7.78. The number of aliphatic hydroxyl groups excluding tert-OH is 1. The van der Waals surface area contributed by atoms with Crippen molar-refractivity contribution in [3.63, 3.8) is 0 Å². The number of methoxy groups -OCH3 is 1. The molecule has 0 aromatic heterocycles. The minimum absolute atomic E-state index is 0.00667. The van der Waals surface area contributed by atoms with E-state index in [-0.39, 0.29) is 36.5 Å². The van der Waals surface area contributed by atoms with Crippen LogP contribution in [-0.2, 0) is 19.4 Å². The molecule has 19 heavy (non-hydrogen) atoms. The van der Waals surface area contributed by atoms with Gasteiger partial charge in [-0.2, -0.15) is 0 Å². The summed E-state index contributed by atoms with van der Waals surface area (Å²) in [6.07, 6.45) is -0.0475. The zero-order valence-corrected chi connectivity index (χ0v) is 11.9. The van der Waals surface area contributed by atoms with Crippen LogP contribution in [0.3, 0.4) is 0 Å². The summed E-state index contributed by atoms with van der Waals surface area (Å²) in [5, 5.41) is 15.1. The molecule has 1 saturated heterocycles. The first-order valence-corrected chi connectivity index (χ1v) is 8.12. The second-order valence-electron chi connectivity index (χ2n) is 4.72. The summed E-state index contributed by atoms with van der Waals surface area (Å²) in [5.74, 6) is -0.0691. The lowest BCUT2D eigenvalue weighted by Crippen LogP contribution is -2.47. The molecule has 1 fully saturated rings. The van der Waals surface area contributed by atoms with Crippen molar-refractivity contribution in [3.05, 3.63) is 0 Å². The highest BCUT2D eigenvalue weighted by molar-refractivity contribution is 7.91. The average molecular weight is 294 g/mol. The van der Waals surface area contributed by atoms with Gasteiger partial charge in [-0.15, -0.1) is 0 Å². The molecule has 0 aliphatic carbocycles. The standard InChI is InChI=1S/C11H22N2O5S/c1-18-7-10(14)2-3-13-11(15)6-9-8-19(16,17)5-4-12-9/h9-10,12,14H,2-8H2,1H3,(H,13,15). The van der Waals surface area contributed by atoms with E-state index in [1.54, 1.807) is 0 Å². The monoisotopic (exact) mass is 294 g/mol. The molecule has 0 bridgehead atoms. The van der Waals surface area contributed by atoms with E-state index in [0.29, 0.717) is 19.5 Å². The van der Waals surface area contributed by atoms with Gasteiger partial charge in [0, 0.05) is 32.7 Å². The molecule has 7 nitrogen and oxygen atoms in total. The Morgan fingerprint density at radius 2 is 2.32 bits per heavy atom. The Morgan fingerprint density at radius 1 is 1.58 bits per heavy atom. The van der Waals surface area contributed by atoms with Crippen molar-refractivity contribution in [2.45, 2.75) is 25.0 Å². The zero-order chi connectivity index (χ0) is 14.3. The van der Waals surface area contributed by atoms with Crippen molar-refractivity contribution in [1.29, 1.82) is 0 Å². The van der Waals surface area contributed by atoms with E-state index in [2.05, 4.69) is 10.6 Å². The molecule has 0 aromatic rings. The summed E-state index contributed by atoms with van der Waals surface area (Å²) in [7, 11) is -1.52. The van der Waals surface area contributed by atoms with Gasteiger partial charge in [-0.05, 0) is 6.42 Å². The molecule has 1 amide bonds. The molecular formula is C11H22N2O5S. The Hall–Kier alpha value is -0.700. The Kier molecular flexibility index (Phi) is 6.70. The highest BCUT2D eigenvalue weighted by atomic mass is 32.2. The Morgan fingerprint density at radius 3 is 2.95 bits per heavy atom. The van der Waals surface area contributed by atoms with Gasteiger partial charge in [-0.25, -0.2) is 8.42 Å². The van der Waals surface area contributed by atoms with Crippen LogP contribution in [0.1, 0.15) is 12.8 Å². The van der Waals surface area contributed by atoms with Gasteiger partial charge in [-0.1, -0.05) is 0 Å². The van der Waals surface area contributed by atoms with Crippen LogP contribution in [0.5, 0.6) is 0 Å². The number of amides is 1. The number of hydrogen-bond acceptors (Lipinski definition) is 6. The molecule has 8 heteroatoms. The summed E-state index contributed by atoms with van der Waals surface area (Å²) >= 11 is 0. The van der Waals surface area contributed by atoms with Crippen LogP contribution in [-0.4, -0.2) is 69.9 Å². The topological polar surface area (TPSA) is 105 Å². The van der Waals surface area contributed by atoms with Crippen LogP contribution < -0.4 is 10.6 Å². The molecule has 1 aliphatic rings. The first-order chi connectivity index (χ1) is 8.93. The summed E-state index contributed by atoms with van der Waals surface area (Å²) < 4.78 is 27.6. The molecule has 0 radical (unpaired) electrons. The summed E-state index contributed by atoms with van der Waals surface area (Å²) in [5.41, 5.74) is 0. The lowest BCUT2D eigenvalue weighted by molar-refractivity contribution is -0.121. The molecule has 1 aliphatic heterocycles. The maximum absolute atomic E-state index is 11.6. The van der Waals surface area contributed by atoms with Crippen molar-refractivity contribution < 1.29 is 23.1 Å². The lowest BCUT2D eigenvalue weighted by atomic mass is 10.2. The van der Waals surface area contributed by atoms with Gasteiger partial charge in [0.2, 0.25) is 5.91 Å². The fraction of sp³-hybridized carbons (Fsp3) is 0.909. The Labute approximate surface area is 113 Å². The van der Waals surface area contributed by atoms with Gasteiger partial charge in [0.05, 0.1) is 24.2 Å². The Bertz CT molecular complexity index is 385. The van der Waals surface area contributed by atoms with E-state index in [1.165, 1.54) is 7.11 Å². The van der Waals surface area contributed by atoms with Crippen molar-refractivity contribution in [2.75, 3.05) is 38.3 Å². The molecule has 1 heterocycles. The van der Waals surface area contributed by atoms with Crippen molar-refractivity contribution in [1.82, 2.24) is 10.6 Å². The second-order valence-corrected chi connectivity index (χ2v) is 6.95. The normalized spacial score (nSPS) is 23.8. The number of ether oxygens (including phenoxy) is 1. The summed E-state index contributed by atoms with van der Waals surface area (Å²) in [6.45, 7) is 0.980. The average Bonchev–Trinajstić information content (AvgIpc) is 2.27. The van der Waals surface area contributed by atoms with E-state index in [1.807, 2.05) is 0 Å². The SMILES string of the molecule is COCC(O)CCNC(=O)CC1CS(=O)(=O)CCN1. The van der Waals surface area contributed by atoms with E-state index in [9.17, 15) is 18.3 Å². The van der Waals surface area contributed by atoms with Crippen LogP contribution in [0, 0.1) is 0 Å².